The summed E-state index contributed by atoms with van der Waals surface area (Å²) in [7, 11) is 0. The van der Waals surface area contributed by atoms with Gasteiger partial charge < -0.3 is 20.7 Å². The van der Waals surface area contributed by atoms with Crippen molar-refractivity contribution in [1.29, 1.82) is 0 Å². The van der Waals surface area contributed by atoms with Crippen LogP contribution >= 0.6 is 0 Å². The van der Waals surface area contributed by atoms with Crippen molar-refractivity contribution in [2.24, 2.45) is 0 Å². The molecule has 3 N–H and O–H groups in total. The second-order valence-electron chi connectivity index (χ2n) is 6.49. The minimum absolute atomic E-state index is 0.0559. The molecule has 0 aromatic heterocycles. The number of nitrogens with one attached hydrogen (secondary N) is 3. The molecule has 0 bridgehead atoms. The lowest BCUT2D eigenvalue weighted by atomic mass is 10.2. The minimum atomic E-state index is -0.359. The summed E-state index contributed by atoms with van der Waals surface area (Å²) < 4.78 is 5.08. The van der Waals surface area contributed by atoms with E-state index < -0.39 is 0 Å². The quantitative estimate of drug-likeness (QED) is 0.526. The summed E-state index contributed by atoms with van der Waals surface area (Å²) in [4.78, 5) is 35.6. The number of anilines is 3. The molecule has 0 aliphatic heterocycles. The summed E-state index contributed by atoms with van der Waals surface area (Å²) >= 11 is 0. The van der Waals surface area contributed by atoms with Crippen molar-refractivity contribution in [3.05, 3.63) is 54.1 Å². The zero-order valence-electron chi connectivity index (χ0n) is 16.8. The van der Waals surface area contributed by atoms with Crippen LogP contribution in [0.3, 0.4) is 0 Å². The number of ether oxygens (including phenoxy) is 1. The SMILES string of the molecule is CCCOC(=O)c1ccc(NCC(=O)Nc2cccc(NC(=O)CCC)c2)cc1. The van der Waals surface area contributed by atoms with E-state index in [9.17, 15) is 14.4 Å². The summed E-state index contributed by atoms with van der Waals surface area (Å²) in [5, 5.41) is 8.59. The maximum absolute atomic E-state index is 12.2. The number of hydrogen-bond donors (Lipinski definition) is 3. The van der Waals surface area contributed by atoms with E-state index in [1.807, 2.05) is 13.8 Å². The van der Waals surface area contributed by atoms with Crippen LogP contribution in [0.1, 0.15) is 43.5 Å². The highest BCUT2D eigenvalue weighted by Crippen LogP contribution is 2.16. The fourth-order valence-electron chi connectivity index (χ4n) is 2.52. The first-order valence-electron chi connectivity index (χ1n) is 9.72. The van der Waals surface area contributed by atoms with E-state index >= 15 is 0 Å². The minimum Gasteiger partial charge on any atom is -0.462 e. The third-order valence-corrected chi connectivity index (χ3v) is 3.92. The average Bonchev–Trinajstić information content (AvgIpc) is 2.71. The molecule has 2 amide bonds. The lowest BCUT2D eigenvalue weighted by Crippen LogP contribution is -2.22. The van der Waals surface area contributed by atoms with E-state index in [0.29, 0.717) is 35.7 Å². The summed E-state index contributed by atoms with van der Waals surface area (Å²) in [5.41, 5.74) is 2.42. The van der Waals surface area contributed by atoms with Gasteiger partial charge in [0.05, 0.1) is 18.7 Å². The van der Waals surface area contributed by atoms with E-state index in [-0.39, 0.29) is 24.3 Å². The number of carbonyl (C=O) groups is 3. The molecule has 0 atom stereocenters. The van der Waals surface area contributed by atoms with Crippen LogP contribution in [0, 0.1) is 0 Å². The van der Waals surface area contributed by atoms with Gasteiger partial charge >= 0.3 is 5.97 Å². The highest BCUT2D eigenvalue weighted by atomic mass is 16.5. The largest absolute Gasteiger partial charge is 0.462 e. The van der Waals surface area contributed by atoms with Crippen LogP contribution in [0.5, 0.6) is 0 Å². The summed E-state index contributed by atoms with van der Waals surface area (Å²) in [6.07, 6.45) is 2.00. The van der Waals surface area contributed by atoms with Gasteiger partial charge in [-0.25, -0.2) is 4.79 Å². The predicted octanol–water partition coefficient (Wildman–Crippen LogP) is 4.04. The van der Waals surface area contributed by atoms with Gasteiger partial charge in [0.15, 0.2) is 0 Å². The van der Waals surface area contributed by atoms with Crippen LogP contribution in [0.25, 0.3) is 0 Å². The van der Waals surface area contributed by atoms with Crippen molar-refractivity contribution < 1.29 is 19.1 Å². The first-order chi connectivity index (χ1) is 14.0. The van der Waals surface area contributed by atoms with Crippen molar-refractivity contribution in [3.63, 3.8) is 0 Å². The molecule has 7 nitrogen and oxygen atoms in total. The Morgan fingerprint density at radius 3 is 2.10 bits per heavy atom. The normalized spacial score (nSPS) is 10.1. The summed E-state index contributed by atoms with van der Waals surface area (Å²) in [6.45, 7) is 4.33. The number of hydrogen-bond acceptors (Lipinski definition) is 5. The second kappa shape index (κ2) is 11.5. The van der Waals surface area contributed by atoms with E-state index in [4.69, 9.17) is 4.74 Å². The standard InChI is InChI=1S/C22H27N3O4/c1-3-6-20(26)24-18-7-5-8-19(14-18)25-21(27)15-23-17-11-9-16(10-12-17)22(28)29-13-4-2/h5,7-12,14,23H,3-4,6,13,15H2,1-2H3,(H,24,26)(H,25,27). The maximum atomic E-state index is 12.2. The Morgan fingerprint density at radius 1 is 0.828 bits per heavy atom. The first kappa shape index (κ1) is 21.9. The van der Waals surface area contributed by atoms with Gasteiger partial charge in [0, 0.05) is 23.5 Å². The van der Waals surface area contributed by atoms with Gasteiger partial charge in [0.2, 0.25) is 11.8 Å². The van der Waals surface area contributed by atoms with Gasteiger partial charge in [-0.1, -0.05) is 19.9 Å². The summed E-state index contributed by atoms with van der Waals surface area (Å²) in [5.74, 6) is -0.643. The predicted molar refractivity (Wildman–Crippen MR) is 114 cm³/mol. The van der Waals surface area contributed by atoms with Crippen LogP contribution in [0.15, 0.2) is 48.5 Å². The molecular weight excluding hydrogens is 370 g/mol. The van der Waals surface area contributed by atoms with Crippen LogP contribution in [-0.4, -0.2) is 30.9 Å². The van der Waals surface area contributed by atoms with Crippen LogP contribution in [0.2, 0.25) is 0 Å². The topological polar surface area (TPSA) is 96.5 Å². The van der Waals surface area contributed by atoms with Crippen molar-refractivity contribution in [2.75, 3.05) is 29.1 Å². The Balaban J connectivity index is 1.84. The highest BCUT2D eigenvalue weighted by molar-refractivity contribution is 5.96. The molecule has 0 fully saturated rings. The third kappa shape index (κ3) is 7.65. The van der Waals surface area contributed by atoms with E-state index in [2.05, 4.69) is 16.0 Å². The Kier molecular flexibility index (Phi) is 8.69. The van der Waals surface area contributed by atoms with Crippen LogP contribution in [-0.2, 0) is 14.3 Å². The molecular formula is C22H27N3O4. The number of amides is 2. The van der Waals surface area contributed by atoms with Crippen LogP contribution < -0.4 is 16.0 Å². The number of rotatable bonds is 10. The Hall–Kier alpha value is -3.35. The lowest BCUT2D eigenvalue weighted by molar-refractivity contribution is -0.116. The molecule has 2 rings (SSSR count). The Bertz CT molecular complexity index is 834. The third-order valence-electron chi connectivity index (χ3n) is 3.92. The van der Waals surface area contributed by atoms with Gasteiger partial charge in [-0.05, 0) is 55.3 Å². The van der Waals surface area contributed by atoms with Gasteiger partial charge in [-0.15, -0.1) is 0 Å². The average molecular weight is 397 g/mol. The molecule has 0 aliphatic carbocycles. The van der Waals surface area contributed by atoms with Gasteiger partial charge in [-0.2, -0.15) is 0 Å². The van der Waals surface area contributed by atoms with E-state index in [1.54, 1.807) is 48.5 Å². The van der Waals surface area contributed by atoms with Gasteiger partial charge in [0.25, 0.3) is 0 Å². The molecule has 2 aromatic carbocycles. The molecule has 0 saturated heterocycles. The monoisotopic (exact) mass is 397 g/mol. The van der Waals surface area contributed by atoms with Crippen molar-refractivity contribution in [2.45, 2.75) is 33.1 Å². The van der Waals surface area contributed by atoms with Crippen molar-refractivity contribution in [3.8, 4) is 0 Å². The maximum Gasteiger partial charge on any atom is 0.338 e. The number of carbonyl (C=O) groups excluding carboxylic acids is 3. The Labute approximate surface area is 170 Å². The zero-order chi connectivity index (χ0) is 21.1. The molecule has 0 saturated carbocycles. The number of esters is 1. The second-order valence-corrected chi connectivity index (χ2v) is 6.49. The fourth-order valence-corrected chi connectivity index (χ4v) is 2.52. The van der Waals surface area contributed by atoms with Crippen molar-refractivity contribution >= 4 is 34.8 Å². The highest BCUT2D eigenvalue weighted by Gasteiger charge is 2.08. The molecule has 154 valence electrons. The fraction of sp³-hybridized carbons (Fsp3) is 0.318. The van der Waals surface area contributed by atoms with Gasteiger partial charge in [0.1, 0.15) is 0 Å². The number of benzene rings is 2. The molecule has 0 unspecified atom stereocenters. The Morgan fingerprint density at radius 2 is 1.48 bits per heavy atom. The van der Waals surface area contributed by atoms with Crippen LogP contribution in [0.4, 0.5) is 17.1 Å². The molecule has 0 radical (unpaired) electrons. The van der Waals surface area contributed by atoms with Crippen molar-refractivity contribution in [1.82, 2.24) is 0 Å². The molecule has 0 heterocycles. The molecule has 0 aliphatic rings. The molecule has 7 heteroatoms. The molecule has 29 heavy (non-hydrogen) atoms. The molecule has 0 spiro atoms. The van der Waals surface area contributed by atoms with E-state index in [0.717, 1.165) is 12.8 Å². The lowest BCUT2D eigenvalue weighted by Gasteiger charge is -2.10. The van der Waals surface area contributed by atoms with E-state index in [1.165, 1.54) is 0 Å². The smallest absolute Gasteiger partial charge is 0.338 e. The van der Waals surface area contributed by atoms with Gasteiger partial charge in [-0.3, -0.25) is 9.59 Å². The summed E-state index contributed by atoms with van der Waals surface area (Å²) in [6, 6.07) is 13.8. The molecule has 2 aromatic rings. The zero-order valence-corrected chi connectivity index (χ0v) is 16.8. The first-order valence-corrected chi connectivity index (χ1v) is 9.72.